The van der Waals surface area contributed by atoms with Crippen molar-refractivity contribution in [3.8, 4) is 0 Å². The fraction of sp³-hybridized carbons (Fsp3) is 0.579. The SMILES string of the molecule is CCNC(=NCc1cccc(F)c1)NCCC(=O)N1CCCCC1C. The van der Waals surface area contributed by atoms with Gasteiger partial charge < -0.3 is 15.5 Å². The van der Waals surface area contributed by atoms with Gasteiger partial charge in [0.2, 0.25) is 5.91 Å². The number of piperidine rings is 1. The minimum Gasteiger partial charge on any atom is -0.357 e. The van der Waals surface area contributed by atoms with Crippen molar-refractivity contribution in [1.82, 2.24) is 15.5 Å². The lowest BCUT2D eigenvalue weighted by molar-refractivity contribution is -0.134. The van der Waals surface area contributed by atoms with E-state index in [1.807, 2.05) is 17.9 Å². The zero-order valence-corrected chi connectivity index (χ0v) is 15.2. The average molecular weight is 348 g/mol. The number of benzene rings is 1. The number of hydrogen-bond acceptors (Lipinski definition) is 2. The number of amides is 1. The lowest BCUT2D eigenvalue weighted by Crippen LogP contribution is -2.44. The fourth-order valence-electron chi connectivity index (χ4n) is 3.05. The Kier molecular flexibility index (Phi) is 7.70. The van der Waals surface area contributed by atoms with Crippen LogP contribution in [0.2, 0.25) is 0 Å². The average Bonchev–Trinajstić information content (AvgIpc) is 2.60. The molecule has 1 aromatic carbocycles. The fourth-order valence-corrected chi connectivity index (χ4v) is 3.05. The van der Waals surface area contributed by atoms with Gasteiger partial charge in [0, 0.05) is 32.1 Å². The molecule has 2 rings (SSSR count). The maximum absolute atomic E-state index is 13.2. The Morgan fingerprint density at radius 2 is 2.20 bits per heavy atom. The van der Waals surface area contributed by atoms with Gasteiger partial charge in [-0.1, -0.05) is 12.1 Å². The van der Waals surface area contributed by atoms with E-state index in [4.69, 9.17) is 0 Å². The zero-order valence-electron chi connectivity index (χ0n) is 15.2. The number of guanidine groups is 1. The maximum atomic E-state index is 13.2. The van der Waals surface area contributed by atoms with Crippen molar-refractivity contribution in [3.63, 3.8) is 0 Å². The highest BCUT2D eigenvalue weighted by molar-refractivity contribution is 5.81. The Bertz CT molecular complexity index is 591. The van der Waals surface area contributed by atoms with Crippen LogP contribution >= 0.6 is 0 Å². The second kappa shape index (κ2) is 10.0. The summed E-state index contributed by atoms with van der Waals surface area (Å²) in [5, 5.41) is 6.34. The van der Waals surface area contributed by atoms with Crippen LogP contribution in [0.15, 0.2) is 29.3 Å². The lowest BCUT2D eigenvalue weighted by Gasteiger charge is -2.33. The summed E-state index contributed by atoms with van der Waals surface area (Å²) in [6.07, 6.45) is 3.85. The maximum Gasteiger partial charge on any atom is 0.224 e. The summed E-state index contributed by atoms with van der Waals surface area (Å²) in [6, 6.07) is 6.77. The van der Waals surface area contributed by atoms with Crippen molar-refractivity contribution in [3.05, 3.63) is 35.6 Å². The van der Waals surface area contributed by atoms with E-state index in [9.17, 15) is 9.18 Å². The quantitative estimate of drug-likeness (QED) is 0.614. The Labute approximate surface area is 149 Å². The minimum atomic E-state index is -0.257. The van der Waals surface area contributed by atoms with Gasteiger partial charge in [0.1, 0.15) is 5.82 Å². The molecule has 0 aromatic heterocycles. The molecule has 1 aromatic rings. The van der Waals surface area contributed by atoms with E-state index < -0.39 is 0 Å². The Hall–Kier alpha value is -2.11. The number of nitrogens with zero attached hydrogens (tertiary/aromatic N) is 2. The molecule has 1 heterocycles. The van der Waals surface area contributed by atoms with E-state index in [0.29, 0.717) is 31.5 Å². The van der Waals surface area contributed by atoms with Crippen molar-refractivity contribution in [1.29, 1.82) is 0 Å². The molecule has 0 bridgehead atoms. The van der Waals surface area contributed by atoms with E-state index in [1.54, 1.807) is 6.07 Å². The topological polar surface area (TPSA) is 56.7 Å². The number of aliphatic imine (C=N–C) groups is 1. The van der Waals surface area contributed by atoms with Gasteiger partial charge in [0.25, 0.3) is 0 Å². The third-order valence-electron chi connectivity index (χ3n) is 4.41. The number of rotatable bonds is 6. The number of halogens is 1. The van der Waals surface area contributed by atoms with E-state index in [1.165, 1.54) is 18.6 Å². The normalized spacial score (nSPS) is 18.1. The van der Waals surface area contributed by atoms with Crippen molar-refractivity contribution < 1.29 is 9.18 Å². The highest BCUT2D eigenvalue weighted by atomic mass is 19.1. The largest absolute Gasteiger partial charge is 0.357 e. The van der Waals surface area contributed by atoms with E-state index in [0.717, 1.165) is 31.5 Å². The zero-order chi connectivity index (χ0) is 18.1. The first-order valence-electron chi connectivity index (χ1n) is 9.16. The van der Waals surface area contributed by atoms with Gasteiger partial charge in [-0.25, -0.2) is 9.38 Å². The molecule has 1 unspecified atom stereocenters. The third-order valence-corrected chi connectivity index (χ3v) is 4.41. The number of hydrogen-bond donors (Lipinski definition) is 2. The highest BCUT2D eigenvalue weighted by Gasteiger charge is 2.22. The molecule has 0 radical (unpaired) electrons. The number of nitrogens with one attached hydrogen (secondary N) is 2. The molecular formula is C19H29FN4O. The monoisotopic (exact) mass is 348 g/mol. The number of likely N-dealkylation sites (tertiary alicyclic amines) is 1. The van der Waals surface area contributed by atoms with E-state index in [2.05, 4.69) is 22.5 Å². The van der Waals surface area contributed by atoms with Crippen LogP contribution in [-0.4, -0.2) is 42.4 Å². The molecule has 1 amide bonds. The second-order valence-electron chi connectivity index (χ2n) is 6.43. The van der Waals surface area contributed by atoms with Gasteiger partial charge >= 0.3 is 0 Å². The van der Waals surface area contributed by atoms with Crippen molar-refractivity contribution in [2.75, 3.05) is 19.6 Å². The van der Waals surface area contributed by atoms with Gasteiger partial charge in [-0.05, 0) is 50.8 Å². The number of carbonyl (C=O) groups excluding carboxylic acids is 1. The molecular weight excluding hydrogens is 319 g/mol. The first-order valence-corrected chi connectivity index (χ1v) is 9.16. The summed E-state index contributed by atoms with van der Waals surface area (Å²) < 4.78 is 13.2. The van der Waals surface area contributed by atoms with Crippen molar-refractivity contribution in [2.45, 2.75) is 52.1 Å². The molecule has 25 heavy (non-hydrogen) atoms. The molecule has 1 saturated heterocycles. The standard InChI is InChI=1S/C19H29FN4O/c1-3-21-19(23-14-16-8-6-9-17(20)13-16)22-11-10-18(25)24-12-5-4-7-15(24)2/h6,8-9,13,15H,3-5,7,10-12,14H2,1-2H3,(H2,21,22,23). The second-order valence-corrected chi connectivity index (χ2v) is 6.43. The summed E-state index contributed by atoms with van der Waals surface area (Å²) in [5.41, 5.74) is 0.815. The third kappa shape index (κ3) is 6.36. The molecule has 1 atom stereocenters. The summed E-state index contributed by atoms with van der Waals surface area (Å²) >= 11 is 0. The highest BCUT2D eigenvalue weighted by Crippen LogP contribution is 2.16. The predicted octanol–water partition coefficient (Wildman–Crippen LogP) is 2.67. The molecule has 1 aliphatic rings. The molecule has 1 fully saturated rings. The molecule has 1 aliphatic heterocycles. The van der Waals surface area contributed by atoms with Gasteiger partial charge in [0.05, 0.1) is 6.54 Å². The van der Waals surface area contributed by atoms with Gasteiger partial charge in [-0.3, -0.25) is 4.79 Å². The predicted molar refractivity (Wildman–Crippen MR) is 98.9 cm³/mol. The summed E-state index contributed by atoms with van der Waals surface area (Å²) in [7, 11) is 0. The van der Waals surface area contributed by atoms with Crippen LogP contribution in [0.5, 0.6) is 0 Å². The van der Waals surface area contributed by atoms with Gasteiger partial charge in [0.15, 0.2) is 5.96 Å². The van der Waals surface area contributed by atoms with E-state index in [-0.39, 0.29) is 11.7 Å². The van der Waals surface area contributed by atoms with Gasteiger partial charge in [-0.15, -0.1) is 0 Å². The molecule has 138 valence electrons. The van der Waals surface area contributed by atoms with Crippen molar-refractivity contribution >= 4 is 11.9 Å². The summed E-state index contributed by atoms with van der Waals surface area (Å²) in [6.45, 7) is 6.63. The molecule has 0 aliphatic carbocycles. The Balaban J connectivity index is 1.82. The van der Waals surface area contributed by atoms with Crippen LogP contribution in [0.1, 0.15) is 45.1 Å². The van der Waals surface area contributed by atoms with Crippen LogP contribution in [0.25, 0.3) is 0 Å². The Morgan fingerprint density at radius 3 is 2.92 bits per heavy atom. The number of carbonyl (C=O) groups is 1. The van der Waals surface area contributed by atoms with Crippen LogP contribution in [0, 0.1) is 5.82 Å². The van der Waals surface area contributed by atoms with E-state index >= 15 is 0 Å². The van der Waals surface area contributed by atoms with Gasteiger partial charge in [-0.2, -0.15) is 0 Å². The summed E-state index contributed by atoms with van der Waals surface area (Å²) in [4.78, 5) is 18.8. The first-order chi connectivity index (χ1) is 12.1. The lowest BCUT2D eigenvalue weighted by atomic mass is 10.0. The van der Waals surface area contributed by atoms with Crippen LogP contribution in [-0.2, 0) is 11.3 Å². The molecule has 0 spiro atoms. The van der Waals surface area contributed by atoms with Crippen LogP contribution in [0.3, 0.4) is 0 Å². The smallest absolute Gasteiger partial charge is 0.224 e. The molecule has 2 N–H and O–H groups in total. The molecule has 5 nitrogen and oxygen atoms in total. The molecule has 0 saturated carbocycles. The molecule has 6 heteroatoms. The first kappa shape index (κ1) is 19.2. The van der Waals surface area contributed by atoms with Crippen molar-refractivity contribution in [2.24, 2.45) is 4.99 Å². The van der Waals surface area contributed by atoms with Crippen LogP contribution in [0.4, 0.5) is 4.39 Å². The summed E-state index contributed by atoms with van der Waals surface area (Å²) in [5.74, 6) is 0.582. The Morgan fingerprint density at radius 1 is 1.36 bits per heavy atom. The minimum absolute atomic E-state index is 0.195. The van der Waals surface area contributed by atoms with Crippen LogP contribution < -0.4 is 10.6 Å².